The minimum absolute atomic E-state index is 0. The van der Waals surface area contributed by atoms with Gasteiger partial charge in [0, 0.05) is 0 Å². The van der Waals surface area contributed by atoms with Gasteiger partial charge in [-0.05, 0) is 0 Å². The molecule has 0 saturated carbocycles. The second-order valence-electron chi connectivity index (χ2n) is 0.217. The van der Waals surface area contributed by atoms with Crippen LogP contribution in [-0.4, -0.2) is 13.3 Å². The van der Waals surface area contributed by atoms with Crippen LogP contribution in [0.5, 0.6) is 0 Å². The predicted molar refractivity (Wildman–Crippen MR) is 29.0 cm³/mol. The molecular formula is C2H11NNaO3S-. The fourth-order valence-corrected chi connectivity index (χ4v) is 0. The van der Waals surface area contributed by atoms with E-state index in [2.05, 4.69) is 0 Å². The normalized spacial score (nSPS) is 8.50. The molecule has 0 aromatic rings. The van der Waals surface area contributed by atoms with Crippen LogP contribution in [0.15, 0.2) is 0 Å². The van der Waals surface area contributed by atoms with Crippen LogP contribution < -0.4 is 35.7 Å². The molecule has 0 aliphatic heterocycles. The quantitative estimate of drug-likeness (QED) is 0.300. The summed E-state index contributed by atoms with van der Waals surface area (Å²) in [5.74, 6) is 0. The molecule has 4 nitrogen and oxygen atoms in total. The summed E-state index contributed by atoms with van der Waals surface area (Å²) >= 11 is -2.86. The van der Waals surface area contributed by atoms with Gasteiger partial charge < -0.3 is 16.7 Å². The molecule has 1 atom stereocenters. The molecule has 6 heteroatoms. The summed E-state index contributed by atoms with van der Waals surface area (Å²) in [7, 11) is 0. The van der Waals surface area contributed by atoms with Gasteiger partial charge in [-0.2, -0.15) is 0 Å². The van der Waals surface area contributed by atoms with Crippen LogP contribution in [-0.2, 0) is 11.4 Å². The van der Waals surface area contributed by atoms with Crippen LogP contribution in [0.2, 0.25) is 0 Å². The van der Waals surface area contributed by atoms with Crippen molar-refractivity contribution in [1.29, 1.82) is 0 Å². The van der Waals surface area contributed by atoms with Gasteiger partial charge in [0.25, 0.3) is 0 Å². The molecule has 0 amide bonds. The van der Waals surface area contributed by atoms with Gasteiger partial charge in [0.1, 0.15) is 0 Å². The minimum Gasteiger partial charge on any atom is -1.00 e. The third-order valence-electron chi connectivity index (χ3n) is 0. The molecule has 0 fully saturated rings. The van der Waals surface area contributed by atoms with E-state index in [4.69, 9.17) is 13.3 Å². The fraction of sp³-hybridized carbons (Fsp3) is 1.00. The SMILES string of the molecule is CC.N.O=S([O-])O.[H-].[Na+]. The molecule has 0 radical (unpaired) electrons. The van der Waals surface area contributed by atoms with E-state index in [0.29, 0.717) is 0 Å². The summed E-state index contributed by atoms with van der Waals surface area (Å²) in [6.45, 7) is 4.00. The smallest absolute Gasteiger partial charge is 1.00 e. The van der Waals surface area contributed by atoms with Crippen molar-refractivity contribution in [1.82, 2.24) is 6.15 Å². The molecule has 0 rings (SSSR count). The molecule has 0 saturated heterocycles. The average Bonchev–Trinajstić information content (AvgIpc) is 1.41. The van der Waals surface area contributed by atoms with E-state index in [1.807, 2.05) is 13.8 Å². The Bertz CT molecular complexity index is 44.8. The zero-order chi connectivity index (χ0) is 5.58. The summed E-state index contributed by atoms with van der Waals surface area (Å²) in [5, 5.41) is 0. The van der Waals surface area contributed by atoms with Crippen LogP contribution in [0.4, 0.5) is 0 Å². The monoisotopic (exact) mass is 152 g/mol. The summed E-state index contributed by atoms with van der Waals surface area (Å²) in [6, 6.07) is 0. The van der Waals surface area contributed by atoms with Crippen molar-refractivity contribution in [3.8, 4) is 0 Å². The number of rotatable bonds is 0. The maximum Gasteiger partial charge on any atom is 1.00 e. The third kappa shape index (κ3) is 241. The Morgan fingerprint density at radius 1 is 1.62 bits per heavy atom. The minimum atomic E-state index is -2.86. The Morgan fingerprint density at radius 3 is 1.62 bits per heavy atom. The summed E-state index contributed by atoms with van der Waals surface area (Å²) in [4.78, 5) is 0. The Labute approximate surface area is 75.5 Å². The summed E-state index contributed by atoms with van der Waals surface area (Å²) in [5.41, 5.74) is 0. The maximum atomic E-state index is 8.56. The second-order valence-corrected chi connectivity index (χ2v) is 0.651. The molecule has 0 bridgehead atoms. The van der Waals surface area contributed by atoms with Gasteiger partial charge in [0.15, 0.2) is 0 Å². The van der Waals surface area contributed by atoms with E-state index in [-0.39, 0.29) is 37.1 Å². The topological polar surface area (TPSA) is 95.4 Å². The summed E-state index contributed by atoms with van der Waals surface area (Å²) < 4.78 is 24.1. The van der Waals surface area contributed by atoms with Crippen molar-refractivity contribution in [3.63, 3.8) is 0 Å². The second kappa shape index (κ2) is 24.4. The Hall–Kier alpha value is 1.03. The van der Waals surface area contributed by atoms with Crippen molar-refractivity contribution in [2.24, 2.45) is 0 Å². The first-order chi connectivity index (χ1) is 2.73. The first-order valence-corrected chi connectivity index (χ1v) is 2.55. The molecule has 50 valence electrons. The molecule has 0 aromatic carbocycles. The Kier molecular flexibility index (Phi) is 70.3. The van der Waals surface area contributed by atoms with E-state index in [0.717, 1.165) is 0 Å². The molecule has 0 aliphatic rings. The van der Waals surface area contributed by atoms with Gasteiger partial charge in [0.05, 0.1) is 11.4 Å². The van der Waals surface area contributed by atoms with Crippen molar-refractivity contribution >= 4 is 11.4 Å². The molecule has 0 spiro atoms. The molecule has 1 unspecified atom stereocenters. The maximum absolute atomic E-state index is 8.56. The van der Waals surface area contributed by atoms with Crippen molar-refractivity contribution in [3.05, 3.63) is 0 Å². The molecule has 0 heterocycles. The standard InChI is InChI=1S/C2H6.H3N.Na.H2O3S.H/c1-2;;;1-4(2)3;/h1-2H3;1H3;;(H2,1,2,3);/q;;+1;;-1/p-1. The van der Waals surface area contributed by atoms with Crippen molar-refractivity contribution in [2.75, 3.05) is 0 Å². The van der Waals surface area contributed by atoms with E-state index in [1.54, 1.807) is 0 Å². The average molecular weight is 152 g/mol. The van der Waals surface area contributed by atoms with Crippen LogP contribution >= 0.6 is 0 Å². The van der Waals surface area contributed by atoms with Crippen molar-refractivity contribution in [2.45, 2.75) is 13.8 Å². The zero-order valence-electron chi connectivity index (χ0n) is 6.38. The first-order valence-electron chi connectivity index (χ1n) is 1.52. The Morgan fingerprint density at radius 2 is 1.62 bits per heavy atom. The first kappa shape index (κ1) is 23.0. The van der Waals surface area contributed by atoms with Gasteiger partial charge in [-0.1, -0.05) is 13.8 Å². The summed E-state index contributed by atoms with van der Waals surface area (Å²) in [6.07, 6.45) is 0. The zero-order valence-corrected chi connectivity index (χ0v) is 8.20. The van der Waals surface area contributed by atoms with Crippen LogP contribution in [0.1, 0.15) is 15.3 Å². The molecular weight excluding hydrogens is 141 g/mol. The molecule has 8 heavy (non-hydrogen) atoms. The molecule has 4 N–H and O–H groups in total. The van der Waals surface area contributed by atoms with Gasteiger partial charge in [-0.25, -0.2) is 4.21 Å². The van der Waals surface area contributed by atoms with E-state index >= 15 is 0 Å². The van der Waals surface area contributed by atoms with Crippen LogP contribution in [0.25, 0.3) is 0 Å². The van der Waals surface area contributed by atoms with E-state index < -0.39 is 11.4 Å². The number of hydrogen-bond acceptors (Lipinski definition) is 3. The van der Waals surface area contributed by atoms with E-state index in [1.165, 1.54) is 0 Å². The van der Waals surface area contributed by atoms with Gasteiger partial charge >= 0.3 is 29.6 Å². The van der Waals surface area contributed by atoms with Gasteiger partial charge in [-0.15, -0.1) is 0 Å². The van der Waals surface area contributed by atoms with Crippen LogP contribution in [0.3, 0.4) is 0 Å². The van der Waals surface area contributed by atoms with Gasteiger partial charge in [0.2, 0.25) is 0 Å². The third-order valence-corrected chi connectivity index (χ3v) is 0. The van der Waals surface area contributed by atoms with Gasteiger partial charge in [-0.3, -0.25) is 0 Å². The fourth-order valence-electron chi connectivity index (χ4n) is 0. The Balaban J connectivity index is -0.00000000990. The van der Waals surface area contributed by atoms with Crippen molar-refractivity contribution < 1.29 is 44.3 Å². The molecule has 0 aromatic heterocycles. The van der Waals surface area contributed by atoms with E-state index in [9.17, 15) is 0 Å². The predicted octanol–water partition coefficient (Wildman–Crippen LogP) is -2.36. The van der Waals surface area contributed by atoms with Crippen LogP contribution in [0, 0.1) is 0 Å². The molecule has 0 aliphatic carbocycles. The largest absolute Gasteiger partial charge is 1.00 e. The number of hydrogen-bond donors (Lipinski definition) is 2.